The highest BCUT2D eigenvalue weighted by molar-refractivity contribution is 7.15. The molecule has 1 aromatic carbocycles. The first kappa shape index (κ1) is 19.2. The summed E-state index contributed by atoms with van der Waals surface area (Å²) in [5.74, 6) is -3.17. The topological polar surface area (TPSA) is 82.5 Å². The monoisotopic (exact) mass is 395 g/mol. The van der Waals surface area contributed by atoms with Crippen LogP contribution in [0.2, 0.25) is 0 Å². The number of halogens is 2. The van der Waals surface area contributed by atoms with Crippen molar-refractivity contribution in [3.63, 3.8) is 0 Å². The Morgan fingerprint density at radius 3 is 2.81 bits per heavy atom. The first-order valence-electron chi connectivity index (χ1n) is 8.49. The van der Waals surface area contributed by atoms with Crippen LogP contribution in [-0.4, -0.2) is 40.1 Å². The predicted molar refractivity (Wildman–Crippen MR) is 96.8 cm³/mol. The summed E-state index contributed by atoms with van der Waals surface area (Å²) in [6.07, 6.45) is 2.49. The maximum absolute atomic E-state index is 13.3. The molecule has 0 spiro atoms. The minimum atomic E-state index is -0.905. The first-order valence-corrected chi connectivity index (χ1v) is 9.31. The largest absolute Gasteiger partial charge is 0.481 e. The van der Waals surface area contributed by atoms with Gasteiger partial charge in [0.25, 0.3) is 0 Å². The lowest BCUT2D eigenvalue weighted by Gasteiger charge is -2.34. The summed E-state index contributed by atoms with van der Waals surface area (Å²) < 4.78 is 26.3. The van der Waals surface area contributed by atoms with Crippen LogP contribution < -0.4 is 5.32 Å². The molecule has 2 amide bonds. The van der Waals surface area contributed by atoms with Crippen molar-refractivity contribution in [1.82, 2.24) is 9.88 Å². The number of carbonyl (C=O) groups excluding carboxylic acids is 1. The number of urea groups is 1. The van der Waals surface area contributed by atoms with Crippen LogP contribution in [0.25, 0.3) is 0 Å². The Kier molecular flexibility index (Phi) is 5.69. The number of aliphatic carboxylic acids is 1. The highest BCUT2D eigenvalue weighted by atomic mass is 32.1. The van der Waals surface area contributed by atoms with Crippen LogP contribution in [0.1, 0.15) is 23.8 Å². The van der Waals surface area contributed by atoms with Gasteiger partial charge in [-0.05, 0) is 30.0 Å². The van der Waals surface area contributed by atoms with Gasteiger partial charge in [0.2, 0.25) is 0 Å². The van der Waals surface area contributed by atoms with Gasteiger partial charge >= 0.3 is 12.0 Å². The summed E-state index contributed by atoms with van der Waals surface area (Å²) in [6, 6.07) is 3.32. The van der Waals surface area contributed by atoms with Crippen LogP contribution >= 0.6 is 11.3 Å². The number of hydrogen-bond acceptors (Lipinski definition) is 4. The zero-order valence-corrected chi connectivity index (χ0v) is 15.4. The molecule has 1 aliphatic heterocycles. The third-order valence-corrected chi connectivity index (χ3v) is 5.34. The molecule has 2 unspecified atom stereocenters. The number of piperidine rings is 1. The van der Waals surface area contributed by atoms with Crippen molar-refractivity contribution in [3.8, 4) is 0 Å². The number of nitrogens with one attached hydrogen (secondary N) is 1. The number of aromatic nitrogens is 1. The number of likely N-dealkylation sites (tertiary alicyclic amines) is 1. The molecule has 144 valence electrons. The number of amides is 2. The minimum Gasteiger partial charge on any atom is -0.481 e. The molecule has 1 aromatic heterocycles. The molecule has 0 radical (unpaired) electrons. The van der Waals surface area contributed by atoms with Gasteiger partial charge in [0.1, 0.15) is 0 Å². The van der Waals surface area contributed by atoms with Crippen LogP contribution in [0.5, 0.6) is 0 Å². The van der Waals surface area contributed by atoms with E-state index in [-0.39, 0.29) is 18.5 Å². The fourth-order valence-corrected chi connectivity index (χ4v) is 4.00. The molecule has 0 aliphatic carbocycles. The van der Waals surface area contributed by atoms with Crippen LogP contribution in [0.4, 0.5) is 18.7 Å². The van der Waals surface area contributed by atoms with E-state index in [4.69, 9.17) is 0 Å². The molecule has 2 N–H and O–H groups in total. The Morgan fingerprint density at radius 1 is 1.33 bits per heavy atom. The van der Waals surface area contributed by atoms with Gasteiger partial charge in [-0.3, -0.25) is 10.1 Å². The molecule has 9 heteroatoms. The lowest BCUT2D eigenvalue weighted by atomic mass is 9.91. The molecule has 0 saturated carbocycles. The van der Waals surface area contributed by atoms with Gasteiger partial charge in [-0.15, -0.1) is 11.3 Å². The zero-order valence-electron chi connectivity index (χ0n) is 14.6. The number of hydrogen-bond donors (Lipinski definition) is 2. The Bertz CT molecular complexity index is 858. The normalized spacial score (nSPS) is 19.7. The average molecular weight is 395 g/mol. The Hall–Kier alpha value is -2.55. The van der Waals surface area contributed by atoms with Crippen LogP contribution in [0.15, 0.2) is 24.4 Å². The molecule has 2 heterocycles. The van der Waals surface area contributed by atoms with E-state index >= 15 is 0 Å². The lowest BCUT2D eigenvalue weighted by molar-refractivity contribution is -0.143. The van der Waals surface area contributed by atoms with Crippen LogP contribution in [-0.2, 0) is 11.2 Å². The molecule has 1 aliphatic rings. The van der Waals surface area contributed by atoms with Gasteiger partial charge in [0.15, 0.2) is 16.8 Å². The fraction of sp³-hybridized carbons (Fsp3) is 0.389. The molecule has 1 fully saturated rings. The first-order chi connectivity index (χ1) is 12.8. The molecule has 2 atom stereocenters. The molecular weight excluding hydrogens is 376 g/mol. The van der Waals surface area contributed by atoms with Crippen LogP contribution in [0.3, 0.4) is 0 Å². The van der Waals surface area contributed by atoms with E-state index < -0.39 is 23.5 Å². The number of carbonyl (C=O) groups is 2. The third kappa shape index (κ3) is 4.79. The minimum absolute atomic E-state index is 0.103. The summed E-state index contributed by atoms with van der Waals surface area (Å²) in [7, 11) is 0. The standard InChI is InChI=1S/C18H19F2N3O3S/c1-10-4-12(16(24)25)9-23(8-10)18(26)22-17-21-7-13(27-17)5-11-2-3-14(19)15(20)6-11/h2-3,6-7,10,12H,4-5,8-9H2,1H3,(H,24,25)(H,21,22,26). The van der Waals surface area contributed by atoms with E-state index in [1.54, 1.807) is 6.20 Å². The second-order valence-electron chi connectivity index (χ2n) is 6.77. The maximum Gasteiger partial charge on any atom is 0.323 e. The maximum atomic E-state index is 13.3. The number of rotatable bonds is 4. The average Bonchev–Trinajstić information content (AvgIpc) is 3.04. The van der Waals surface area contributed by atoms with Crippen molar-refractivity contribution in [2.24, 2.45) is 11.8 Å². The molecule has 3 rings (SSSR count). The number of carboxylic acid groups (broad SMARTS) is 1. The summed E-state index contributed by atoms with van der Waals surface area (Å²) in [4.78, 5) is 30.1. The number of carboxylic acids is 1. The van der Waals surface area contributed by atoms with Gasteiger partial charge in [0.05, 0.1) is 5.92 Å². The van der Waals surface area contributed by atoms with E-state index in [0.29, 0.717) is 30.1 Å². The SMILES string of the molecule is CC1CC(C(=O)O)CN(C(=O)Nc2ncc(Cc3ccc(F)c(F)c3)s2)C1. The number of thiazole rings is 1. The Labute approximate surface area is 158 Å². The summed E-state index contributed by atoms with van der Waals surface area (Å²) in [5.41, 5.74) is 0.601. The second-order valence-corrected chi connectivity index (χ2v) is 7.88. The van der Waals surface area contributed by atoms with E-state index in [1.165, 1.54) is 22.3 Å². The summed E-state index contributed by atoms with van der Waals surface area (Å²) >= 11 is 1.24. The lowest BCUT2D eigenvalue weighted by Crippen LogP contribution is -2.47. The number of anilines is 1. The zero-order chi connectivity index (χ0) is 19.6. The summed E-state index contributed by atoms with van der Waals surface area (Å²) in [6.45, 7) is 2.57. The van der Waals surface area contributed by atoms with Crippen molar-refractivity contribution in [1.29, 1.82) is 0 Å². The van der Waals surface area contributed by atoms with Crippen molar-refractivity contribution in [3.05, 3.63) is 46.5 Å². The van der Waals surface area contributed by atoms with E-state index in [1.807, 2.05) is 6.92 Å². The fourth-order valence-electron chi connectivity index (χ4n) is 3.16. The van der Waals surface area contributed by atoms with Crippen molar-refractivity contribution in [2.45, 2.75) is 19.8 Å². The molecule has 2 aromatic rings. The molecule has 1 saturated heterocycles. The van der Waals surface area contributed by atoms with E-state index in [9.17, 15) is 23.5 Å². The van der Waals surface area contributed by atoms with Gasteiger partial charge in [0, 0.05) is 30.6 Å². The molecule has 27 heavy (non-hydrogen) atoms. The van der Waals surface area contributed by atoms with Crippen molar-refractivity contribution in [2.75, 3.05) is 18.4 Å². The Morgan fingerprint density at radius 2 is 2.11 bits per heavy atom. The summed E-state index contributed by atoms with van der Waals surface area (Å²) in [5, 5.41) is 12.3. The smallest absolute Gasteiger partial charge is 0.323 e. The van der Waals surface area contributed by atoms with E-state index in [0.717, 1.165) is 17.0 Å². The second kappa shape index (κ2) is 7.99. The van der Waals surface area contributed by atoms with Crippen LogP contribution in [0, 0.1) is 23.5 Å². The number of nitrogens with zero attached hydrogens (tertiary/aromatic N) is 2. The molecule has 6 nitrogen and oxygen atoms in total. The highest BCUT2D eigenvalue weighted by Crippen LogP contribution is 2.25. The quantitative estimate of drug-likeness (QED) is 0.829. The van der Waals surface area contributed by atoms with Gasteiger partial charge < -0.3 is 10.0 Å². The Balaban J connectivity index is 1.62. The predicted octanol–water partition coefficient (Wildman–Crippen LogP) is 3.59. The van der Waals surface area contributed by atoms with E-state index in [2.05, 4.69) is 10.3 Å². The third-order valence-electron chi connectivity index (χ3n) is 4.43. The van der Waals surface area contributed by atoms with Crippen molar-refractivity contribution >= 4 is 28.5 Å². The van der Waals surface area contributed by atoms with Gasteiger partial charge in [-0.1, -0.05) is 13.0 Å². The highest BCUT2D eigenvalue weighted by Gasteiger charge is 2.32. The van der Waals surface area contributed by atoms with Gasteiger partial charge in [-0.25, -0.2) is 18.6 Å². The molecule has 0 bridgehead atoms. The molecular formula is C18H19F2N3O3S. The van der Waals surface area contributed by atoms with Gasteiger partial charge in [-0.2, -0.15) is 0 Å². The van der Waals surface area contributed by atoms with Crippen molar-refractivity contribution < 1.29 is 23.5 Å². The number of benzene rings is 1.